The largest absolute Gasteiger partial charge is 0.380 e. The van der Waals surface area contributed by atoms with Crippen LogP contribution in [0.5, 0.6) is 0 Å². The van der Waals surface area contributed by atoms with Crippen LogP contribution in [0.15, 0.2) is 51.4 Å². The molecule has 0 saturated heterocycles. The minimum atomic E-state index is 0.727. The SMILES string of the molecule is Clc1ccc(Br)cc1NCc1ccc(Br)cc1. The minimum absolute atomic E-state index is 0.727. The van der Waals surface area contributed by atoms with Crippen LogP contribution < -0.4 is 5.32 Å². The van der Waals surface area contributed by atoms with Crippen LogP contribution in [0.3, 0.4) is 0 Å². The van der Waals surface area contributed by atoms with Crippen molar-refractivity contribution in [1.29, 1.82) is 0 Å². The summed E-state index contributed by atoms with van der Waals surface area (Å²) in [5, 5.41) is 4.04. The van der Waals surface area contributed by atoms with E-state index in [-0.39, 0.29) is 0 Å². The van der Waals surface area contributed by atoms with Gasteiger partial charge in [0.1, 0.15) is 0 Å². The van der Waals surface area contributed by atoms with Crippen LogP contribution in [0.2, 0.25) is 5.02 Å². The lowest BCUT2D eigenvalue weighted by Crippen LogP contribution is -1.99. The normalized spacial score (nSPS) is 10.3. The van der Waals surface area contributed by atoms with Gasteiger partial charge in [-0.05, 0) is 35.9 Å². The van der Waals surface area contributed by atoms with Crippen molar-refractivity contribution in [2.75, 3.05) is 5.32 Å². The predicted octanol–water partition coefficient (Wildman–Crippen LogP) is 5.48. The number of hydrogen-bond acceptors (Lipinski definition) is 1. The van der Waals surface area contributed by atoms with E-state index in [2.05, 4.69) is 49.3 Å². The Morgan fingerprint density at radius 2 is 1.59 bits per heavy atom. The monoisotopic (exact) mass is 373 g/mol. The third-order valence-electron chi connectivity index (χ3n) is 2.32. The van der Waals surface area contributed by atoms with Crippen molar-refractivity contribution in [2.45, 2.75) is 6.54 Å². The first kappa shape index (κ1) is 12.9. The molecule has 0 aliphatic heterocycles. The van der Waals surface area contributed by atoms with E-state index in [1.807, 2.05) is 30.3 Å². The number of anilines is 1. The Morgan fingerprint density at radius 1 is 0.941 bits per heavy atom. The second kappa shape index (κ2) is 5.89. The lowest BCUT2D eigenvalue weighted by atomic mass is 10.2. The summed E-state index contributed by atoms with van der Waals surface area (Å²) in [7, 11) is 0. The van der Waals surface area contributed by atoms with E-state index in [0.29, 0.717) is 0 Å². The van der Waals surface area contributed by atoms with Gasteiger partial charge >= 0.3 is 0 Å². The smallest absolute Gasteiger partial charge is 0.0638 e. The average Bonchev–Trinajstić information content (AvgIpc) is 2.32. The molecule has 2 aromatic rings. The lowest BCUT2D eigenvalue weighted by Gasteiger charge is -2.09. The molecule has 0 fully saturated rings. The lowest BCUT2D eigenvalue weighted by molar-refractivity contribution is 1.15. The number of benzene rings is 2. The zero-order valence-electron chi connectivity index (χ0n) is 8.88. The number of rotatable bonds is 3. The number of nitrogens with one attached hydrogen (secondary N) is 1. The van der Waals surface area contributed by atoms with Gasteiger partial charge in [-0.2, -0.15) is 0 Å². The molecular weight excluding hydrogens is 365 g/mol. The molecule has 0 aliphatic carbocycles. The molecular formula is C13H10Br2ClN. The molecule has 0 amide bonds. The molecule has 0 radical (unpaired) electrons. The Labute approximate surface area is 122 Å². The van der Waals surface area contributed by atoms with Gasteiger partial charge in [0.2, 0.25) is 0 Å². The van der Waals surface area contributed by atoms with E-state index < -0.39 is 0 Å². The van der Waals surface area contributed by atoms with Crippen molar-refractivity contribution in [3.05, 3.63) is 62.0 Å². The van der Waals surface area contributed by atoms with Crippen LogP contribution >= 0.6 is 43.5 Å². The molecule has 0 aliphatic rings. The van der Waals surface area contributed by atoms with E-state index in [1.54, 1.807) is 0 Å². The van der Waals surface area contributed by atoms with Gasteiger partial charge in [-0.3, -0.25) is 0 Å². The summed E-state index contributed by atoms with van der Waals surface area (Å²) in [6, 6.07) is 14.0. The van der Waals surface area contributed by atoms with Crippen molar-refractivity contribution < 1.29 is 0 Å². The third-order valence-corrected chi connectivity index (χ3v) is 3.68. The molecule has 2 rings (SSSR count). The van der Waals surface area contributed by atoms with Gasteiger partial charge in [-0.25, -0.2) is 0 Å². The maximum Gasteiger partial charge on any atom is 0.0638 e. The first-order valence-corrected chi connectivity index (χ1v) is 7.05. The Hall–Kier alpha value is -0.510. The predicted molar refractivity (Wildman–Crippen MR) is 80.6 cm³/mol. The first-order chi connectivity index (χ1) is 8.15. The van der Waals surface area contributed by atoms with Crippen molar-refractivity contribution in [3.8, 4) is 0 Å². The van der Waals surface area contributed by atoms with Gasteiger partial charge in [-0.15, -0.1) is 0 Å². The summed E-state index contributed by atoms with van der Waals surface area (Å²) >= 11 is 12.9. The standard InChI is InChI=1S/C13H10Br2ClN/c14-10-3-1-9(2-4-10)8-17-13-7-11(15)5-6-12(13)16/h1-7,17H,8H2. The van der Waals surface area contributed by atoms with E-state index in [1.165, 1.54) is 5.56 Å². The van der Waals surface area contributed by atoms with Gasteiger partial charge in [-0.1, -0.05) is 55.6 Å². The van der Waals surface area contributed by atoms with Gasteiger partial charge < -0.3 is 5.32 Å². The zero-order valence-corrected chi connectivity index (χ0v) is 12.8. The Kier molecular flexibility index (Phi) is 4.48. The molecule has 0 aromatic heterocycles. The zero-order chi connectivity index (χ0) is 12.3. The molecule has 0 spiro atoms. The van der Waals surface area contributed by atoms with E-state index in [0.717, 1.165) is 26.2 Å². The molecule has 4 heteroatoms. The van der Waals surface area contributed by atoms with E-state index in [4.69, 9.17) is 11.6 Å². The highest BCUT2D eigenvalue weighted by Crippen LogP contribution is 2.26. The van der Waals surface area contributed by atoms with Crippen LogP contribution in [-0.2, 0) is 6.54 Å². The van der Waals surface area contributed by atoms with Gasteiger partial charge in [0.25, 0.3) is 0 Å². The van der Waals surface area contributed by atoms with E-state index in [9.17, 15) is 0 Å². The van der Waals surface area contributed by atoms with Gasteiger partial charge in [0.15, 0.2) is 0 Å². The fraction of sp³-hybridized carbons (Fsp3) is 0.0769. The highest BCUT2D eigenvalue weighted by molar-refractivity contribution is 9.10. The summed E-state index contributed by atoms with van der Waals surface area (Å²) in [4.78, 5) is 0. The molecule has 1 nitrogen and oxygen atoms in total. The summed E-state index contributed by atoms with van der Waals surface area (Å²) in [5.41, 5.74) is 2.15. The van der Waals surface area contributed by atoms with Crippen molar-refractivity contribution >= 4 is 49.1 Å². The fourth-order valence-electron chi connectivity index (χ4n) is 1.43. The Bertz CT molecular complexity index is 511. The van der Waals surface area contributed by atoms with Crippen molar-refractivity contribution in [2.24, 2.45) is 0 Å². The quantitative estimate of drug-likeness (QED) is 0.749. The number of halogens is 3. The summed E-state index contributed by atoms with van der Waals surface area (Å²) < 4.78 is 2.10. The minimum Gasteiger partial charge on any atom is -0.380 e. The Balaban J connectivity index is 2.07. The maximum absolute atomic E-state index is 6.10. The molecule has 0 atom stereocenters. The molecule has 2 aromatic carbocycles. The number of hydrogen-bond donors (Lipinski definition) is 1. The van der Waals surface area contributed by atoms with Crippen molar-refractivity contribution in [1.82, 2.24) is 0 Å². The molecule has 0 bridgehead atoms. The molecule has 0 heterocycles. The molecule has 17 heavy (non-hydrogen) atoms. The maximum atomic E-state index is 6.10. The second-order valence-corrected chi connectivity index (χ2v) is 5.84. The van der Waals surface area contributed by atoms with Gasteiger partial charge in [0, 0.05) is 15.5 Å². The van der Waals surface area contributed by atoms with Crippen LogP contribution in [0, 0.1) is 0 Å². The highest BCUT2D eigenvalue weighted by Gasteiger charge is 2.00. The van der Waals surface area contributed by atoms with Crippen LogP contribution in [-0.4, -0.2) is 0 Å². The van der Waals surface area contributed by atoms with Crippen LogP contribution in [0.4, 0.5) is 5.69 Å². The molecule has 88 valence electrons. The van der Waals surface area contributed by atoms with Gasteiger partial charge in [0.05, 0.1) is 10.7 Å². The summed E-state index contributed by atoms with van der Waals surface area (Å²) in [6.45, 7) is 0.753. The second-order valence-electron chi connectivity index (χ2n) is 3.60. The Morgan fingerprint density at radius 3 is 2.29 bits per heavy atom. The fourth-order valence-corrected chi connectivity index (χ4v) is 2.24. The van der Waals surface area contributed by atoms with Crippen LogP contribution in [0.1, 0.15) is 5.56 Å². The van der Waals surface area contributed by atoms with Crippen LogP contribution in [0.25, 0.3) is 0 Å². The molecule has 1 N–H and O–H groups in total. The summed E-state index contributed by atoms with van der Waals surface area (Å²) in [6.07, 6.45) is 0. The molecule has 0 saturated carbocycles. The average molecular weight is 375 g/mol. The first-order valence-electron chi connectivity index (χ1n) is 5.08. The summed E-state index contributed by atoms with van der Waals surface area (Å²) in [5.74, 6) is 0. The topological polar surface area (TPSA) is 12.0 Å². The van der Waals surface area contributed by atoms with Crippen molar-refractivity contribution in [3.63, 3.8) is 0 Å². The highest BCUT2D eigenvalue weighted by atomic mass is 79.9. The van der Waals surface area contributed by atoms with E-state index >= 15 is 0 Å². The molecule has 0 unspecified atom stereocenters. The third kappa shape index (κ3) is 3.73.